The van der Waals surface area contributed by atoms with Crippen LogP contribution in [-0.4, -0.2) is 25.8 Å². The monoisotopic (exact) mass is 305 g/mol. The first-order chi connectivity index (χ1) is 10.2. The topological polar surface area (TPSA) is 62.5 Å². The van der Waals surface area contributed by atoms with Gasteiger partial charge < -0.3 is 14.7 Å². The van der Waals surface area contributed by atoms with Crippen LogP contribution in [0.25, 0.3) is 0 Å². The molecule has 0 unspecified atom stereocenters. The van der Waals surface area contributed by atoms with E-state index >= 15 is 0 Å². The van der Waals surface area contributed by atoms with Crippen molar-refractivity contribution in [3.05, 3.63) is 53.4 Å². The summed E-state index contributed by atoms with van der Waals surface area (Å²) in [5.74, 6) is 1.10. The van der Waals surface area contributed by atoms with E-state index in [-0.39, 0.29) is 11.5 Å². The predicted octanol–water partition coefficient (Wildman–Crippen LogP) is 2.31. The second-order valence-electron chi connectivity index (χ2n) is 4.14. The highest BCUT2D eigenvalue weighted by atomic mass is 32.2. The lowest BCUT2D eigenvalue weighted by Crippen LogP contribution is -2.28. The van der Waals surface area contributed by atoms with Crippen LogP contribution in [0.1, 0.15) is 10.4 Å². The Balaban J connectivity index is 2.15. The molecule has 2 rings (SSSR count). The van der Waals surface area contributed by atoms with Crippen molar-refractivity contribution < 1.29 is 19.0 Å². The van der Waals surface area contributed by atoms with Crippen molar-refractivity contribution in [1.82, 2.24) is 0 Å². The molecule has 0 fully saturated rings. The minimum atomic E-state index is -0.125. The molecule has 5 nitrogen and oxygen atoms in total. The van der Waals surface area contributed by atoms with Gasteiger partial charge in [-0.3, -0.25) is 4.79 Å². The lowest BCUT2D eigenvalue weighted by molar-refractivity contribution is -0.645. The Labute approximate surface area is 127 Å². The van der Waals surface area contributed by atoms with E-state index in [1.807, 2.05) is 0 Å². The van der Waals surface area contributed by atoms with E-state index in [1.165, 1.54) is 32.2 Å². The van der Waals surface area contributed by atoms with E-state index < -0.39 is 0 Å². The normalized spacial score (nSPS) is 10.2. The quantitative estimate of drug-likeness (QED) is 0.355. The summed E-state index contributed by atoms with van der Waals surface area (Å²) in [5.41, 5.74) is 0.442. The van der Waals surface area contributed by atoms with Gasteiger partial charge in [-0.25, -0.2) is 0 Å². The molecule has 110 valence electrons. The van der Waals surface area contributed by atoms with Crippen molar-refractivity contribution in [1.29, 1.82) is 0 Å². The number of aromatic nitrogens is 1. The molecule has 1 aromatic heterocycles. The van der Waals surface area contributed by atoms with E-state index in [0.29, 0.717) is 22.1 Å². The van der Waals surface area contributed by atoms with Gasteiger partial charge in [-0.1, -0.05) is 0 Å². The zero-order valence-electron chi connectivity index (χ0n) is 11.7. The summed E-state index contributed by atoms with van der Waals surface area (Å²) in [4.78, 5) is 12.3. The Bertz CT molecular complexity index is 645. The summed E-state index contributed by atoms with van der Waals surface area (Å²) in [5, 5.41) is 12.0. The average Bonchev–Trinajstić information content (AvgIpc) is 2.53. The first-order valence-corrected chi connectivity index (χ1v) is 7.20. The molecule has 1 heterocycles. The maximum absolute atomic E-state index is 12.3. The smallest absolute Gasteiger partial charge is 0.251 e. The molecule has 0 saturated carbocycles. The van der Waals surface area contributed by atoms with Crippen molar-refractivity contribution in [3.63, 3.8) is 0 Å². The summed E-state index contributed by atoms with van der Waals surface area (Å²) in [6.07, 6.45) is 1.40. The highest BCUT2D eigenvalue weighted by Gasteiger charge is 2.16. The molecular weight excluding hydrogens is 290 g/mol. The van der Waals surface area contributed by atoms with Crippen LogP contribution in [0.3, 0.4) is 0 Å². The third-order valence-electron chi connectivity index (χ3n) is 2.85. The fourth-order valence-corrected chi connectivity index (χ4v) is 2.57. The number of hydrogen-bond donors (Lipinski definition) is 0. The Morgan fingerprint density at radius 3 is 2.71 bits per heavy atom. The van der Waals surface area contributed by atoms with Crippen LogP contribution < -0.4 is 14.2 Å². The SMILES string of the molecule is COc1ccc(OC)c(C(=O)CSc2cccc[n+]2[O-])c1. The molecule has 0 bridgehead atoms. The Kier molecular flexibility index (Phi) is 5.05. The van der Waals surface area contributed by atoms with Crippen LogP contribution >= 0.6 is 11.8 Å². The zero-order valence-corrected chi connectivity index (χ0v) is 12.6. The fraction of sp³-hybridized carbons (Fsp3) is 0.200. The summed E-state index contributed by atoms with van der Waals surface area (Å²) in [6, 6.07) is 10.1. The van der Waals surface area contributed by atoms with Gasteiger partial charge in [0.2, 0.25) is 0 Å². The van der Waals surface area contributed by atoms with Crippen molar-refractivity contribution in [3.8, 4) is 11.5 Å². The number of carbonyl (C=O) groups is 1. The van der Waals surface area contributed by atoms with Crippen LogP contribution in [-0.2, 0) is 0 Å². The van der Waals surface area contributed by atoms with Gasteiger partial charge in [0.15, 0.2) is 12.0 Å². The van der Waals surface area contributed by atoms with Gasteiger partial charge in [-0.2, -0.15) is 4.73 Å². The lowest BCUT2D eigenvalue weighted by Gasteiger charge is -2.09. The molecule has 6 heteroatoms. The first kappa shape index (κ1) is 15.2. The number of ketones is 1. The molecule has 0 saturated heterocycles. The standard InChI is InChI=1S/C15H15NO4S/c1-19-11-6-7-14(20-2)12(9-11)13(17)10-21-15-5-3-4-8-16(15)18/h3-9H,10H2,1-2H3. The van der Waals surface area contributed by atoms with Crippen LogP contribution in [0.4, 0.5) is 0 Å². The van der Waals surface area contributed by atoms with Gasteiger partial charge in [0.25, 0.3) is 5.03 Å². The lowest BCUT2D eigenvalue weighted by atomic mass is 10.1. The number of carbonyl (C=O) groups excluding carboxylic acids is 1. The molecule has 0 N–H and O–H groups in total. The van der Waals surface area contributed by atoms with E-state index in [2.05, 4.69) is 0 Å². The number of hydrogen-bond acceptors (Lipinski definition) is 5. The van der Waals surface area contributed by atoms with Crippen LogP contribution in [0.5, 0.6) is 11.5 Å². The van der Waals surface area contributed by atoms with Gasteiger partial charge in [0.1, 0.15) is 11.5 Å². The number of ether oxygens (including phenoxy) is 2. The molecule has 0 radical (unpaired) electrons. The molecule has 0 aliphatic heterocycles. The minimum absolute atomic E-state index is 0.125. The van der Waals surface area contributed by atoms with Crippen molar-refractivity contribution in [2.75, 3.05) is 20.0 Å². The zero-order chi connectivity index (χ0) is 15.2. The average molecular weight is 305 g/mol. The van der Waals surface area contributed by atoms with Gasteiger partial charge in [0.05, 0.1) is 25.5 Å². The van der Waals surface area contributed by atoms with Crippen molar-refractivity contribution in [2.45, 2.75) is 5.03 Å². The number of pyridine rings is 1. The van der Waals surface area contributed by atoms with Gasteiger partial charge in [0, 0.05) is 12.1 Å². The maximum Gasteiger partial charge on any atom is 0.251 e. The summed E-state index contributed by atoms with van der Waals surface area (Å²) in [7, 11) is 3.05. The van der Waals surface area contributed by atoms with E-state index in [1.54, 1.807) is 36.4 Å². The van der Waals surface area contributed by atoms with Gasteiger partial charge >= 0.3 is 0 Å². The van der Waals surface area contributed by atoms with Gasteiger partial charge in [-0.05, 0) is 36.0 Å². The molecule has 1 aromatic carbocycles. The Hall–Kier alpha value is -2.21. The predicted molar refractivity (Wildman–Crippen MR) is 80.0 cm³/mol. The molecule has 0 aliphatic rings. The Morgan fingerprint density at radius 1 is 1.24 bits per heavy atom. The van der Waals surface area contributed by atoms with E-state index in [9.17, 15) is 10.0 Å². The summed E-state index contributed by atoms with van der Waals surface area (Å²) in [6.45, 7) is 0. The Morgan fingerprint density at radius 2 is 2.05 bits per heavy atom. The first-order valence-electron chi connectivity index (χ1n) is 6.22. The molecule has 2 aromatic rings. The molecular formula is C15H15NO4S. The largest absolute Gasteiger partial charge is 0.618 e. The fourth-order valence-electron chi connectivity index (χ4n) is 1.77. The number of nitrogens with zero attached hydrogens (tertiary/aromatic N) is 1. The highest BCUT2D eigenvalue weighted by molar-refractivity contribution is 7.99. The number of methoxy groups -OCH3 is 2. The maximum atomic E-state index is 12.3. The molecule has 21 heavy (non-hydrogen) atoms. The van der Waals surface area contributed by atoms with Crippen molar-refractivity contribution >= 4 is 17.5 Å². The number of benzene rings is 1. The molecule has 0 aliphatic carbocycles. The number of Topliss-reactive ketones (excluding diaryl/α,β-unsaturated/α-hetero) is 1. The van der Waals surface area contributed by atoms with Gasteiger partial charge in [-0.15, -0.1) is 0 Å². The molecule has 0 amide bonds. The van der Waals surface area contributed by atoms with E-state index in [0.717, 1.165) is 4.73 Å². The number of thioether (sulfide) groups is 1. The van der Waals surface area contributed by atoms with E-state index in [4.69, 9.17) is 9.47 Å². The second kappa shape index (κ2) is 6.99. The minimum Gasteiger partial charge on any atom is -0.618 e. The summed E-state index contributed by atoms with van der Waals surface area (Å²) < 4.78 is 11.0. The molecule has 0 spiro atoms. The van der Waals surface area contributed by atoms with Crippen molar-refractivity contribution in [2.24, 2.45) is 0 Å². The second-order valence-corrected chi connectivity index (χ2v) is 5.14. The van der Waals surface area contributed by atoms with Crippen LogP contribution in [0, 0.1) is 5.21 Å². The third-order valence-corrected chi connectivity index (χ3v) is 3.87. The van der Waals surface area contributed by atoms with Crippen LogP contribution in [0.15, 0.2) is 47.6 Å². The number of rotatable bonds is 6. The summed E-state index contributed by atoms with van der Waals surface area (Å²) >= 11 is 1.19. The highest BCUT2D eigenvalue weighted by Crippen LogP contribution is 2.26. The van der Waals surface area contributed by atoms with Crippen LogP contribution in [0.2, 0.25) is 0 Å². The molecule has 0 atom stereocenters. The third kappa shape index (κ3) is 3.66.